The number of rotatable bonds is 5. The Morgan fingerprint density at radius 2 is 0.871 bits per heavy atom. The second kappa shape index (κ2) is 10.7. The van der Waals surface area contributed by atoms with Gasteiger partial charge in [0.2, 0.25) is 0 Å². The molecule has 0 aliphatic rings. The Morgan fingerprint density at radius 3 is 1.23 bits per heavy atom. The Bertz CT molecular complexity index is 1000. The predicted molar refractivity (Wildman–Crippen MR) is 130 cm³/mol. The van der Waals surface area contributed by atoms with Crippen molar-refractivity contribution in [2.75, 3.05) is 11.5 Å². The fourth-order valence-corrected chi connectivity index (χ4v) is 2.82. The molecule has 0 spiro atoms. The van der Waals surface area contributed by atoms with Crippen molar-refractivity contribution in [3.8, 4) is 34.1 Å². The van der Waals surface area contributed by atoms with Crippen LogP contribution in [0.3, 0.4) is 0 Å². The van der Waals surface area contributed by atoms with Gasteiger partial charge in [0.1, 0.15) is 23.0 Å². The standard InChI is InChI=1S/C24H20N2O2.C3H8/c25-19-7-11-21(12-8-19)27-23-5-1-3-17(15-23)18-4-2-6-24(16-18)28-22-13-9-20(26)10-14-22;1-3-2/h1-16H,25-26H2;3H2,1-2H3. The molecule has 0 unspecified atom stereocenters. The molecule has 4 aromatic carbocycles. The zero-order chi connectivity index (χ0) is 22.1. The van der Waals surface area contributed by atoms with Gasteiger partial charge in [-0.1, -0.05) is 44.5 Å². The average molecular weight is 413 g/mol. The zero-order valence-corrected chi connectivity index (χ0v) is 17.9. The van der Waals surface area contributed by atoms with Crippen molar-refractivity contribution in [1.29, 1.82) is 0 Å². The van der Waals surface area contributed by atoms with Crippen molar-refractivity contribution in [2.45, 2.75) is 20.3 Å². The lowest BCUT2D eigenvalue weighted by molar-refractivity contribution is 0.482. The van der Waals surface area contributed by atoms with E-state index >= 15 is 0 Å². The van der Waals surface area contributed by atoms with Gasteiger partial charge < -0.3 is 20.9 Å². The summed E-state index contributed by atoms with van der Waals surface area (Å²) in [6.07, 6.45) is 1.25. The molecular weight excluding hydrogens is 384 g/mol. The van der Waals surface area contributed by atoms with E-state index in [1.165, 1.54) is 6.42 Å². The van der Waals surface area contributed by atoms with Crippen LogP contribution >= 0.6 is 0 Å². The van der Waals surface area contributed by atoms with E-state index < -0.39 is 0 Å². The SMILES string of the molecule is CCC.Nc1ccc(Oc2cccc(-c3cccc(Oc4ccc(N)cc4)c3)c2)cc1. The lowest BCUT2D eigenvalue weighted by atomic mass is 10.1. The van der Waals surface area contributed by atoms with Crippen molar-refractivity contribution in [2.24, 2.45) is 0 Å². The molecule has 0 aromatic heterocycles. The van der Waals surface area contributed by atoms with Gasteiger partial charge in [-0.3, -0.25) is 0 Å². The fourth-order valence-electron chi connectivity index (χ4n) is 2.82. The van der Waals surface area contributed by atoms with Gasteiger partial charge in [0.25, 0.3) is 0 Å². The van der Waals surface area contributed by atoms with Crippen LogP contribution in [-0.2, 0) is 0 Å². The Balaban J connectivity index is 0.000000858. The van der Waals surface area contributed by atoms with Crippen molar-refractivity contribution in [3.63, 3.8) is 0 Å². The van der Waals surface area contributed by atoms with Gasteiger partial charge in [-0.2, -0.15) is 0 Å². The van der Waals surface area contributed by atoms with E-state index in [9.17, 15) is 0 Å². The summed E-state index contributed by atoms with van der Waals surface area (Å²) in [5.41, 5.74) is 14.9. The number of hydrogen-bond acceptors (Lipinski definition) is 4. The monoisotopic (exact) mass is 412 g/mol. The summed E-state index contributed by atoms with van der Waals surface area (Å²) in [5, 5.41) is 0. The molecule has 0 bridgehead atoms. The van der Waals surface area contributed by atoms with E-state index in [1.54, 1.807) is 0 Å². The fraction of sp³-hybridized carbons (Fsp3) is 0.111. The summed E-state index contributed by atoms with van der Waals surface area (Å²) >= 11 is 0. The lowest BCUT2D eigenvalue weighted by Crippen LogP contribution is -1.88. The number of ether oxygens (including phenoxy) is 2. The second-order valence-electron chi connectivity index (χ2n) is 7.10. The molecule has 0 saturated heterocycles. The molecule has 0 amide bonds. The Morgan fingerprint density at radius 1 is 0.516 bits per heavy atom. The molecule has 0 aliphatic carbocycles. The third-order valence-corrected chi connectivity index (χ3v) is 4.23. The van der Waals surface area contributed by atoms with Crippen LogP contribution in [0.1, 0.15) is 20.3 Å². The van der Waals surface area contributed by atoms with E-state index in [1.807, 2.05) is 97.1 Å². The van der Waals surface area contributed by atoms with Crippen molar-refractivity contribution in [3.05, 3.63) is 97.1 Å². The maximum atomic E-state index is 5.93. The van der Waals surface area contributed by atoms with Crippen LogP contribution in [0, 0.1) is 0 Å². The Labute approximate surface area is 184 Å². The van der Waals surface area contributed by atoms with Gasteiger partial charge in [0, 0.05) is 11.4 Å². The number of nitrogens with two attached hydrogens (primary N) is 2. The molecule has 4 heteroatoms. The average Bonchev–Trinajstić information content (AvgIpc) is 2.78. The molecule has 0 heterocycles. The van der Waals surface area contributed by atoms with Crippen LogP contribution in [0.4, 0.5) is 11.4 Å². The number of nitrogen functional groups attached to an aromatic ring is 2. The minimum atomic E-state index is 0.707. The maximum absolute atomic E-state index is 5.93. The van der Waals surface area contributed by atoms with Crippen LogP contribution in [0.2, 0.25) is 0 Å². The van der Waals surface area contributed by atoms with Gasteiger partial charge in [0.15, 0.2) is 0 Å². The van der Waals surface area contributed by atoms with E-state index in [0.717, 1.165) is 34.1 Å². The van der Waals surface area contributed by atoms with Crippen LogP contribution in [0.5, 0.6) is 23.0 Å². The van der Waals surface area contributed by atoms with Gasteiger partial charge in [-0.25, -0.2) is 0 Å². The number of hydrogen-bond donors (Lipinski definition) is 2. The summed E-state index contributed by atoms with van der Waals surface area (Å²) in [6, 6.07) is 30.5. The first-order valence-corrected chi connectivity index (χ1v) is 10.3. The van der Waals surface area contributed by atoms with E-state index in [0.29, 0.717) is 11.4 Å². The normalized spacial score (nSPS) is 10.0. The molecule has 4 aromatic rings. The maximum Gasteiger partial charge on any atom is 0.128 e. The highest BCUT2D eigenvalue weighted by Gasteiger charge is 2.04. The molecule has 4 nitrogen and oxygen atoms in total. The summed E-state index contributed by atoms with van der Waals surface area (Å²) < 4.78 is 11.9. The van der Waals surface area contributed by atoms with E-state index in [-0.39, 0.29) is 0 Å². The van der Waals surface area contributed by atoms with Crippen LogP contribution in [0.25, 0.3) is 11.1 Å². The molecule has 4 rings (SSSR count). The summed E-state index contributed by atoms with van der Waals surface area (Å²) in [4.78, 5) is 0. The van der Waals surface area contributed by atoms with Crippen LogP contribution in [-0.4, -0.2) is 0 Å². The first-order valence-electron chi connectivity index (χ1n) is 10.3. The molecule has 0 radical (unpaired) electrons. The minimum Gasteiger partial charge on any atom is -0.457 e. The summed E-state index contributed by atoms with van der Waals surface area (Å²) in [7, 11) is 0. The van der Waals surface area contributed by atoms with Gasteiger partial charge in [0.05, 0.1) is 0 Å². The molecule has 0 saturated carbocycles. The molecule has 0 fully saturated rings. The van der Waals surface area contributed by atoms with Gasteiger partial charge >= 0.3 is 0 Å². The minimum absolute atomic E-state index is 0.707. The molecule has 31 heavy (non-hydrogen) atoms. The topological polar surface area (TPSA) is 70.5 Å². The quantitative estimate of drug-likeness (QED) is 0.333. The molecule has 0 aliphatic heterocycles. The zero-order valence-electron chi connectivity index (χ0n) is 17.9. The third-order valence-electron chi connectivity index (χ3n) is 4.23. The third kappa shape index (κ3) is 6.54. The van der Waals surface area contributed by atoms with Crippen LogP contribution < -0.4 is 20.9 Å². The Hall–Kier alpha value is -3.92. The lowest BCUT2D eigenvalue weighted by Gasteiger charge is -2.10. The van der Waals surface area contributed by atoms with Crippen molar-refractivity contribution >= 4 is 11.4 Å². The first kappa shape index (κ1) is 21.8. The van der Waals surface area contributed by atoms with Gasteiger partial charge in [-0.05, 0) is 83.9 Å². The second-order valence-corrected chi connectivity index (χ2v) is 7.10. The van der Waals surface area contributed by atoms with Crippen molar-refractivity contribution < 1.29 is 9.47 Å². The van der Waals surface area contributed by atoms with Crippen LogP contribution in [0.15, 0.2) is 97.1 Å². The summed E-state index contributed by atoms with van der Waals surface area (Å²) in [6.45, 7) is 4.25. The number of benzene rings is 4. The first-order chi connectivity index (χ1) is 15.1. The van der Waals surface area contributed by atoms with E-state index in [4.69, 9.17) is 20.9 Å². The highest BCUT2D eigenvalue weighted by Crippen LogP contribution is 2.31. The van der Waals surface area contributed by atoms with E-state index in [2.05, 4.69) is 13.8 Å². The Kier molecular flexibility index (Phi) is 7.55. The highest BCUT2D eigenvalue weighted by atomic mass is 16.5. The van der Waals surface area contributed by atoms with Crippen molar-refractivity contribution in [1.82, 2.24) is 0 Å². The highest BCUT2D eigenvalue weighted by molar-refractivity contribution is 5.67. The van der Waals surface area contributed by atoms with Gasteiger partial charge in [-0.15, -0.1) is 0 Å². The summed E-state index contributed by atoms with van der Waals surface area (Å²) in [5.74, 6) is 3.00. The molecule has 4 N–H and O–H groups in total. The predicted octanol–water partition coefficient (Wildman–Crippen LogP) is 7.52. The smallest absolute Gasteiger partial charge is 0.128 e. The molecule has 0 atom stereocenters. The molecular formula is C27H28N2O2. The molecule has 158 valence electrons. The number of anilines is 2. The largest absolute Gasteiger partial charge is 0.457 e.